The minimum atomic E-state index is -1.66. The molecule has 0 radical (unpaired) electrons. The lowest BCUT2D eigenvalue weighted by Crippen LogP contribution is -3.00. The minimum Gasteiger partial charge on any atom is -1.00 e. The lowest BCUT2D eigenvalue weighted by molar-refractivity contribution is -0.502. The van der Waals surface area contributed by atoms with E-state index in [0.29, 0.717) is 0 Å². The third-order valence-corrected chi connectivity index (χ3v) is 4.14. The zero-order valence-electron chi connectivity index (χ0n) is 12.6. The first-order valence-corrected chi connectivity index (χ1v) is 7.23. The van der Waals surface area contributed by atoms with Gasteiger partial charge in [-0.2, -0.15) is 0 Å². The highest BCUT2D eigenvalue weighted by molar-refractivity contribution is 4.93. The summed E-state index contributed by atoms with van der Waals surface area (Å²) in [6, 6.07) is -0.979. The summed E-state index contributed by atoms with van der Waals surface area (Å²) in [5.74, 6) is 0. The monoisotopic (exact) mass is 377 g/mol. The van der Waals surface area contributed by atoms with Crippen molar-refractivity contribution >= 4 is 0 Å². The second-order valence-corrected chi connectivity index (χ2v) is 5.70. The van der Waals surface area contributed by atoms with Crippen LogP contribution in [0.2, 0.25) is 0 Å². The number of ether oxygens (including phenoxy) is 3. The molecule has 24 heavy (non-hydrogen) atoms. The molecule has 0 aromatic heterocycles. The third-order valence-electron chi connectivity index (χ3n) is 4.14. The molecule has 144 valence electrons. The molecule has 0 aromatic carbocycles. The van der Waals surface area contributed by atoms with Gasteiger partial charge in [-0.1, -0.05) is 0 Å². The van der Waals surface area contributed by atoms with Crippen LogP contribution in [0.15, 0.2) is 0 Å². The zero-order chi connectivity index (χ0) is 17.3. The van der Waals surface area contributed by atoms with E-state index in [2.05, 4.69) is 5.73 Å². The Kier molecular flexibility index (Phi) is 8.19. The van der Waals surface area contributed by atoms with Gasteiger partial charge in [-0.15, -0.1) is 0 Å². The number of hydrogen-bond donors (Lipinski definition) is 8. The number of hydrogen-bond acceptors (Lipinski definition) is 10. The van der Waals surface area contributed by atoms with Crippen molar-refractivity contribution in [1.82, 2.24) is 0 Å². The molecule has 0 amide bonds. The first-order chi connectivity index (χ1) is 10.8. The van der Waals surface area contributed by atoms with Gasteiger partial charge in [-0.3, -0.25) is 0 Å². The summed E-state index contributed by atoms with van der Waals surface area (Å²) in [6.07, 6.45) is -12.6. The van der Waals surface area contributed by atoms with Crippen LogP contribution in [0.25, 0.3) is 0 Å². The number of aliphatic hydroxyl groups excluding tert-OH is 7. The lowest BCUT2D eigenvalue weighted by atomic mass is 9.96. The molecule has 0 aliphatic carbocycles. The molecule has 2 saturated heterocycles. The Balaban J connectivity index is 0.00000288. The van der Waals surface area contributed by atoms with Crippen molar-refractivity contribution in [2.45, 2.75) is 61.3 Å². The van der Waals surface area contributed by atoms with E-state index >= 15 is 0 Å². The van der Waals surface area contributed by atoms with Crippen molar-refractivity contribution in [1.29, 1.82) is 0 Å². The second kappa shape index (κ2) is 8.98. The summed E-state index contributed by atoms with van der Waals surface area (Å²) < 4.78 is 15.6. The Morgan fingerprint density at radius 2 is 1.38 bits per heavy atom. The molecule has 0 spiro atoms. The molecule has 10 N–H and O–H groups in total. The molecule has 12 heteroatoms. The highest BCUT2D eigenvalue weighted by atomic mass is 35.5. The van der Waals surface area contributed by atoms with Crippen LogP contribution >= 0.6 is 0 Å². The highest BCUT2D eigenvalue weighted by Gasteiger charge is 2.50. The Morgan fingerprint density at radius 1 is 0.792 bits per heavy atom. The van der Waals surface area contributed by atoms with E-state index < -0.39 is 74.6 Å². The van der Waals surface area contributed by atoms with Crippen LogP contribution in [0.4, 0.5) is 0 Å². The Hall–Kier alpha value is -0.150. The molecule has 2 rings (SSSR count). The summed E-state index contributed by atoms with van der Waals surface area (Å²) in [6.45, 7) is -1.22. The summed E-state index contributed by atoms with van der Waals surface area (Å²) in [5.41, 5.74) is 3.53. The van der Waals surface area contributed by atoms with E-state index in [-0.39, 0.29) is 12.4 Å². The number of halogens is 1. The Bertz CT molecular complexity index is 389. The Labute approximate surface area is 143 Å². The van der Waals surface area contributed by atoms with Gasteiger partial charge in [0, 0.05) is 0 Å². The van der Waals surface area contributed by atoms with Crippen molar-refractivity contribution in [3.8, 4) is 0 Å². The zero-order valence-corrected chi connectivity index (χ0v) is 13.4. The lowest BCUT2D eigenvalue weighted by Gasteiger charge is -2.44. The van der Waals surface area contributed by atoms with Crippen LogP contribution < -0.4 is 18.1 Å². The van der Waals surface area contributed by atoms with Crippen molar-refractivity contribution in [2.24, 2.45) is 0 Å². The first kappa shape index (κ1) is 21.9. The van der Waals surface area contributed by atoms with Gasteiger partial charge >= 0.3 is 0 Å². The van der Waals surface area contributed by atoms with Gasteiger partial charge in [0.25, 0.3) is 0 Å². The van der Waals surface area contributed by atoms with Crippen molar-refractivity contribution in [2.75, 3.05) is 13.2 Å². The highest BCUT2D eigenvalue weighted by Crippen LogP contribution is 2.27. The summed E-state index contributed by atoms with van der Waals surface area (Å²) in [7, 11) is 0. The predicted octanol–water partition coefficient (Wildman–Crippen LogP) is -9.14. The SMILES string of the molecule is [Cl-].[NH3+]C1[C@@H](O)[C@H](O[C@@H]2OC(CO)[C@H](O)[C@H](O)C2O)C(CO)O[C@@H]1O. The molecule has 4 unspecified atom stereocenters. The van der Waals surface area contributed by atoms with Crippen LogP contribution in [-0.4, -0.2) is 110 Å². The van der Waals surface area contributed by atoms with E-state index in [1.165, 1.54) is 0 Å². The van der Waals surface area contributed by atoms with E-state index in [1.54, 1.807) is 0 Å². The second-order valence-electron chi connectivity index (χ2n) is 5.70. The largest absolute Gasteiger partial charge is 1.00 e. The average molecular weight is 378 g/mol. The quantitative estimate of drug-likeness (QED) is 0.233. The fraction of sp³-hybridized carbons (Fsp3) is 1.00. The maximum absolute atomic E-state index is 10.1. The van der Waals surface area contributed by atoms with E-state index in [9.17, 15) is 30.6 Å². The van der Waals surface area contributed by atoms with Crippen molar-refractivity contribution in [3.05, 3.63) is 0 Å². The molecule has 0 aromatic rings. The van der Waals surface area contributed by atoms with Gasteiger partial charge in [-0.25, -0.2) is 0 Å². The normalized spacial score (nSPS) is 49.5. The van der Waals surface area contributed by atoms with Gasteiger partial charge in [0.05, 0.1) is 13.2 Å². The minimum absolute atomic E-state index is 0. The molecular formula is C12H24ClNO10. The molecule has 0 bridgehead atoms. The molecule has 2 aliphatic rings. The third kappa shape index (κ3) is 4.15. The van der Waals surface area contributed by atoms with Crippen molar-refractivity contribution in [3.63, 3.8) is 0 Å². The average Bonchev–Trinajstić information content (AvgIpc) is 2.55. The fourth-order valence-corrected chi connectivity index (χ4v) is 2.64. The summed E-state index contributed by atoms with van der Waals surface area (Å²) >= 11 is 0. The van der Waals surface area contributed by atoms with Gasteiger partial charge in [-0.05, 0) is 0 Å². The van der Waals surface area contributed by atoms with Crippen LogP contribution in [-0.2, 0) is 14.2 Å². The number of rotatable bonds is 4. The van der Waals surface area contributed by atoms with Crippen LogP contribution in [0.3, 0.4) is 0 Å². The molecule has 2 heterocycles. The van der Waals surface area contributed by atoms with Gasteiger partial charge in [0.2, 0.25) is 6.29 Å². The predicted molar refractivity (Wildman–Crippen MR) is 69.3 cm³/mol. The molecular weight excluding hydrogens is 354 g/mol. The van der Waals surface area contributed by atoms with Crippen LogP contribution in [0, 0.1) is 0 Å². The van der Waals surface area contributed by atoms with Crippen molar-refractivity contribution < 1.29 is 68.1 Å². The topological polar surface area (TPSA) is 197 Å². The fourth-order valence-electron chi connectivity index (χ4n) is 2.64. The summed E-state index contributed by atoms with van der Waals surface area (Å²) in [5, 5.41) is 67.5. The maximum Gasteiger partial charge on any atom is 0.211 e. The molecule has 2 fully saturated rings. The molecule has 10 atom stereocenters. The molecule has 2 aliphatic heterocycles. The Morgan fingerprint density at radius 3 is 1.92 bits per heavy atom. The number of aliphatic hydroxyl groups is 7. The smallest absolute Gasteiger partial charge is 0.211 e. The van der Waals surface area contributed by atoms with E-state index in [1.807, 2.05) is 0 Å². The maximum atomic E-state index is 10.1. The molecule has 11 nitrogen and oxygen atoms in total. The number of quaternary nitrogens is 1. The standard InChI is InChI=1S/C12H23NO10.ClH/c13-5-7(17)10(4(2-15)21-11(5)20)23-12-9(19)8(18)6(16)3(1-14)22-12;/h3-12,14-20H,1-2,13H2;1H/t3?,4?,5?,6-,7+,8-,9?,10+,11-,12-;/m0./s1. The first-order valence-electron chi connectivity index (χ1n) is 7.23. The summed E-state index contributed by atoms with van der Waals surface area (Å²) in [4.78, 5) is 0. The van der Waals surface area contributed by atoms with Gasteiger partial charge in [0.15, 0.2) is 12.3 Å². The molecule has 0 saturated carbocycles. The van der Waals surface area contributed by atoms with Crippen LogP contribution in [0.5, 0.6) is 0 Å². The van der Waals surface area contributed by atoms with E-state index in [0.717, 1.165) is 0 Å². The van der Waals surface area contributed by atoms with Gasteiger partial charge in [0.1, 0.15) is 42.7 Å². The van der Waals surface area contributed by atoms with Gasteiger partial charge < -0.3 is 68.1 Å². The van der Waals surface area contributed by atoms with E-state index in [4.69, 9.17) is 19.3 Å². The van der Waals surface area contributed by atoms with Crippen LogP contribution in [0.1, 0.15) is 0 Å².